The summed E-state index contributed by atoms with van der Waals surface area (Å²) in [5.41, 5.74) is 1.42. The summed E-state index contributed by atoms with van der Waals surface area (Å²) in [4.78, 5) is 12.1. The zero-order valence-corrected chi connectivity index (χ0v) is 16.2. The number of hydrogen-bond donors (Lipinski definition) is 2. The summed E-state index contributed by atoms with van der Waals surface area (Å²) in [6.07, 6.45) is -3.67. The molecule has 0 atom stereocenters. The number of nitrogens with one attached hydrogen (secondary N) is 2. The van der Waals surface area contributed by atoms with E-state index in [-0.39, 0.29) is 55.5 Å². The van der Waals surface area contributed by atoms with Crippen molar-refractivity contribution < 1.29 is 26.4 Å². The highest BCUT2D eigenvalue weighted by Gasteiger charge is 2.41. The average molecular weight is 406 g/mol. The van der Waals surface area contributed by atoms with E-state index in [0.29, 0.717) is 5.56 Å². The van der Waals surface area contributed by atoms with Crippen LogP contribution >= 0.6 is 0 Å². The van der Waals surface area contributed by atoms with Crippen molar-refractivity contribution in [3.8, 4) is 0 Å². The van der Waals surface area contributed by atoms with Crippen LogP contribution < -0.4 is 10.0 Å². The molecule has 1 aromatic rings. The maximum atomic E-state index is 12.6. The highest BCUT2D eigenvalue weighted by atomic mass is 32.2. The van der Waals surface area contributed by atoms with Gasteiger partial charge in [-0.05, 0) is 56.7 Å². The lowest BCUT2D eigenvalue weighted by Crippen LogP contribution is -2.41. The molecule has 0 aromatic heterocycles. The molecule has 0 saturated heterocycles. The van der Waals surface area contributed by atoms with Crippen LogP contribution in [0.3, 0.4) is 0 Å². The molecule has 1 aromatic carbocycles. The van der Waals surface area contributed by atoms with Crippen molar-refractivity contribution in [3.63, 3.8) is 0 Å². The van der Waals surface area contributed by atoms with E-state index in [4.69, 9.17) is 0 Å². The minimum Gasteiger partial charge on any atom is -0.353 e. The highest BCUT2D eigenvalue weighted by molar-refractivity contribution is 7.89. The summed E-state index contributed by atoms with van der Waals surface area (Å²) in [7, 11) is -3.72. The fraction of sp³-hybridized carbons (Fsp3) is 0.611. The Morgan fingerprint density at radius 2 is 1.78 bits per heavy atom. The van der Waals surface area contributed by atoms with Crippen LogP contribution in [0.1, 0.15) is 43.2 Å². The van der Waals surface area contributed by atoms with Gasteiger partial charge in [-0.25, -0.2) is 13.1 Å². The Morgan fingerprint density at radius 1 is 1.15 bits per heavy atom. The first-order valence-corrected chi connectivity index (χ1v) is 10.4. The molecule has 0 radical (unpaired) electrons. The summed E-state index contributed by atoms with van der Waals surface area (Å²) in [5.74, 6) is -1.66. The Balaban J connectivity index is 1.79. The number of aryl methyl sites for hydroxylation is 2. The first-order valence-electron chi connectivity index (χ1n) is 8.92. The van der Waals surface area contributed by atoms with Gasteiger partial charge in [-0.1, -0.05) is 12.1 Å². The van der Waals surface area contributed by atoms with Crippen molar-refractivity contribution in [1.29, 1.82) is 0 Å². The average Bonchev–Trinajstić information content (AvgIpc) is 2.56. The number of hydrogen-bond acceptors (Lipinski definition) is 3. The zero-order valence-electron chi connectivity index (χ0n) is 15.4. The lowest BCUT2D eigenvalue weighted by atomic mass is 9.85. The first kappa shape index (κ1) is 21.7. The standard InChI is InChI=1S/C18H25F3N2O3S/c1-12-3-4-13(2)16(11-12)27(25,26)22-10-9-17(24)23-15-7-5-14(6-8-15)18(19,20)21/h3-4,11,14-15,22H,5-10H2,1-2H3,(H,23,24). The predicted molar refractivity (Wildman–Crippen MR) is 95.7 cm³/mol. The van der Waals surface area contributed by atoms with E-state index in [1.807, 2.05) is 6.07 Å². The van der Waals surface area contributed by atoms with E-state index in [0.717, 1.165) is 5.56 Å². The number of alkyl halides is 3. The van der Waals surface area contributed by atoms with Gasteiger partial charge in [0.1, 0.15) is 0 Å². The number of halogens is 3. The number of carbonyl (C=O) groups excluding carboxylic acids is 1. The van der Waals surface area contributed by atoms with Gasteiger partial charge < -0.3 is 5.32 Å². The van der Waals surface area contributed by atoms with Gasteiger partial charge in [-0.2, -0.15) is 13.2 Å². The lowest BCUT2D eigenvalue weighted by molar-refractivity contribution is -0.182. The fourth-order valence-corrected chi connectivity index (χ4v) is 4.60. The summed E-state index contributed by atoms with van der Waals surface area (Å²) >= 11 is 0. The van der Waals surface area contributed by atoms with Crippen LogP contribution in [-0.4, -0.2) is 33.1 Å². The molecule has 9 heteroatoms. The predicted octanol–water partition coefficient (Wildman–Crippen LogP) is 3.21. The van der Waals surface area contributed by atoms with Crippen molar-refractivity contribution in [2.24, 2.45) is 5.92 Å². The van der Waals surface area contributed by atoms with Gasteiger partial charge in [0.15, 0.2) is 0 Å². The number of benzene rings is 1. The monoisotopic (exact) mass is 406 g/mol. The number of amides is 1. The van der Waals surface area contributed by atoms with Gasteiger partial charge in [-0.15, -0.1) is 0 Å². The molecule has 152 valence electrons. The van der Waals surface area contributed by atoms with Gasteiger partial charge in [0, 0.05) is 19.0 Å². The maximum absolute atomic E-state index is 12.6. The summed E-state index contributed by atoms with van der Waals surface area (Å²) < 4.78 is 65.1. The van der Waals surface area contributed by atoms with E-state index >= 15 is 0 Å². The van der Waals surface area contributed by atoms with Crippen molar-refractivity contribution in [3.05, 3.63) is 29.3 Å². The van der Waals surface area contributed by atoms with Crippen LogP contribution in [0.4, 0.5) is 13.2 Å². The first-order chi connectivity index (χ1) is 12.5. The largest absolute Gasteiger partial charge is 0.391 e. The van der Waals surface area contributed by atoms with Crippen molar-refractivity contribution in [1.82, 2.24) is 10.0 Å². The Labute approximate surface area is 157 Å². The van der Waals surface area contributed by atoms with Crippen LogP contribution in [-0.2, 0) is 14.8 Å². The Morgan fingerprint density at radius 3 is 2.37 bits per heavy atom. The minimum absolute atomic E-state index is 0.00765. The Kier molecular flexibility index (Phi) is 6.91. The third kappa shape index (κ3) is 6.21. The van der Waals surface area contributed by atoms with Gasteiger partial charge >= 0.3 is 6.18 Å². The number of rotatable bonds is 6. The molecule has 1 saturated carbocycles. The lowest BCUT2D eigenvalue weighted by Gasteiger charge is -2.30. The molecular formula is C18H25F3N2O3S. The molecule has 2 rings (SSSR count). The van der Waals surface area contributed by atoms with Gasteiger partial charge in [0.25, 0.3) is 0 Å². The highest BCUT2D eigenvalue weighted by Crippen LogP contribution is 2.37. The van der Waals surface area contributed by atoms with Crippen molar-refractivity contribution in [2.45, 2.75) is 63.1 Å². The van der Waals surface area contributed by atoms with Crippen LogP contribution in [0.5, 0.6) is 0 Å². The number of carbonyl (C=O) groups is 1. The Bertz CT molecular complexity index is 771. The second kappa shape index (κ2) is 8.60. The molecule has 0 unspecified atom stereocenters. The van der Waals surface area contributed by atoms with Gasteiger partial charge in [0.2, 0.25) is 15.9 Å². The van der Waals surface area contributed by atoms with E-state index in [1.165, 1.54) is 0 Å². The summed E-state index contributed by atoms with van der Waals surface area (Å²) in [5, 5.41) is 2.70. The van der Waals surface area contributed by atoms with E-state index in [1.54, 1.807) is 26.0 Å². The van der Waals surface area contributed by atoms with Crippen molar-refractivity contribution >= 4 is 15.9 Å². The number of sulfonamides is 1. The van der Waals surface area contributed by atoms with Crippen LogP contribution in [0.2, 0.25) is 0 Å². The summed E-state index contributed by atoms with van der Waals surface area (Å²) in [6.45, 7) is 3.41. The zero-order chi connectivity index (χ0) is 20.2. The Hall–Kier alpha value is -1.61. The smallest absolute Gasteiger partial charge is 0.353 e. The molecule has 0 aliphatic heterocycles. The van der Waals surface area contributed by atoms with Gasteiger partial charge in [-0.3, -0.25) is 4.79 Å². The van der Waals surface area contributed by atoms with E-state index in [9.17, 15) is 26.4 Å². The molecule has 0 heterocycles. The molecule has 5 nitrogen and oxygen atoms in total. The fourth-order valence-electron chi connectivity index (χ4n) is 3.24. The molecule has 1 fully saturated rings. The van der Waals surface area contributed by atoms with E-state index in [2.05, 4.69) is 10.0 Å². The van der Waals surface area contributed by atoms with Crippen LogP contribution in [0.25, 0.3) is 0 Å². The van der Waals surface area contributed by atoms with Crippen molar-refractivity contribution in [2.75, 3.05) is 6.54 Å². The molecule has 0 bridgehead atoms. The van der Waals surface area contributed by atoms with Crippen LogP contribution in [0.15, 0.2) is 23.1 Å². The molecule has 2 N–H and O–H groups in total. The quantitative estimate of drug-likeness (QED) is 0.762. The second-order valence-corrected chi connectivity index (χ2v) is 8.81. The molecule has 1 aliphatic rings. The molecule has 1 aliphatic carbocycles. The molecule has 0 spiro atoms. The van der Waals surface area contributed by atoms with E-state index < -0.39 is 22.1 Å². The second-order valence-electron chi connectivity index (χ2n) is 7.07. The normalized spacial score (nSPS) is 21.1. The molecule has 1 amide bonds. The summed E-state index contributed by atoms with van der Waals surface area (Å²) in [6, 6.07) is 4.81. The minimum atomic E-state index is -4.18. The molecular weight excluding hydrogens is 381 g/mol. The van der Waals surface area contributed by atoms with Crippen LogP contribution in [0, 0.1) is 19.8 Å². The topological polar surface area (TPSA) is 75.3 Å². The van der Waals surface area contributed by atoms with Gasteiger partial charge in [0.05, 0.1) is 10.8 Å². The molecule has 27 heavy (non-hydrogen) atoms. The SMILES string of the molecule is Cc1ccc(C)c(S(=O)(=O)NCCC(=O)NC2CCC(C(F)(F)F)CC2)c1. The third-order valence-corrected chi connectivity index (χ3v) is 6.44. The third-order valence-electron chi connectivity index (χ3n) is 4.83. The maximum Gasteiger partial charge on any atom is 0.391 e.